The van der Waals surface area contributed by atoms with Crippen LogP contribution in [0.3, 0.4) is 0 Å². The summed E-state index contributed by atoms with van der Waals surface area (Å²) in [6.45, 7) is 3.97. The molecule has 17 heavy (non-hydrogen) atoms. The second-order valence-corrected chi connectivity index (χ2v) is 4.02. The highest BCUT2D eigenvalue weighted by Gasteiger charge is 2.15. The number of amides is 1. The lowest BCUT2D eigenvalue weighted by Gasteiger charge is -2.17. The molecule has 2 N–H and O–H groups in total. The van der Waals surface area contributed by atoms with Crippen molar-refractivity contribution in [3.05, 3.63) is 29.8 Å². The number of hydrogen-bond donors (Lipinski definition) is 2. The number of carbonyl (C=O) groups is 1. The van der Waals surface area contributed by atoms with Gasteiger partial charge in [0.1, 0.15) is 0 Å². The van der Waals surface area contributed by atoms with Crippen LogP contribution in [0, 0.1) is 11.7 Å². The zero-order chi connectivity index (χ0) is 12.8. The van der Waals surface area contributed by atoms with Crippen LogP contribution in [-0.2, 0) is 0 Å². The number of halogens is 1. The molecule has 1 aromatic rings. The third-order valence-corrected chi connectivity index (χ3v) is 2.79. The number of carbonyl (C=O) groups excluding carboxylic acids is 1. The predicted molar refractivity (Wildman–Crippen MR) is 62.0 cm³/mol. The molecule has 1 rings (SSSR count). The van der Waals surface area contributed by atoms with Crippen molar-refractivity contribution in [2.45, 2.75) is 26.4 Å². The van der Waals surface area contributed by atoms with Crippen LogP contribution in [0.1, 0.15) is 30.6 Å². The molecule has 0 saturated carbocycles. The molecule has 1 aromatic heterocycles. The second-order valence-electron chi connectivity index (χ2n) is 4.02. The van der Waals surface area contributed by atoms with E-state index >= 15 is 0 Å². The summed E-state index contributed by atoms with van der Waals surface area (Å²) in [6.07, 6.45) is 2.54. The molecular weight excluding hydrogens is 223 g/mol. The molecule has 0 bridgehead atoms. The summed E-state index contributed by atoms with van der Waals surface area (Å²) >= 11 is 0. The van der Waals surface area contributed by atoms with Crippen LogP contribution < -0.4 is 5.32 Å². The average molecular weight is 240 g/mol. The molecule has 2 unspecified atom stereocenters. The molecule has 0 aliphatic carbocycles. The SMILES string of the molecule is CCC(C)C(O)CNC(=O)c1ccncc1F. The van der Waals surface area contributed by atoms with Crippen LogP contribution in [0.4, 0.5) is 4.39 Å². The van der Waals surface area contributed by atoms with Crippen molar-refractivity contribution < 1.29 is 14.3 Å². The topological polar surface area (TPSA) is 62.2 Å². The summed E-state index contributed by atoms with van der Waals surface area (Å²) in [5.41, 5.74) is -0.0589. The lowest BCUT2D eigenvalue weighted by atomic mass is 10.0. The van der Waals surface area contributed by atoms with Crippen molar-refractivity contribution >= 4 is 5.91 Å². The van der Waals surface area contributed by atoms with Gasteiger partial charge in [0.05, 0.1) is 17.9 Å². The Bertz CT molecular complexity index is 385. The van der Waals surface area contributed by atoms with Crippen molar-refractivity contribution in [2.24, 2.45) is 5.92 Å². The number of nitrogens with zero attached hydrogens (tertiary/aromatic N) is 1. The number of rotatable bonds is 5. The fourth-order valence-corrected chi connectivity index (χ4v) is 1.33. The normalized spacial score (nSPS) is 14.1. The zero-order valence-corrected chi connectivity index (χ0v) is 9.98. The van der Waals surface area contributed by atoms with Crippen LogP contribution in [-0.4, -0.2) is 28.6 Å². The highest BCUT2D eigenvalue weighted by Crippen LogP contribution is 2.07. The summed E-state index contributed by atoms with van der Waals surface area (Å²) < 4.78 is 13.2. The summed E-state index contributed by atoms with van der Waals surface area (Å²) in [7, 11) is 0. The summed E-state index contributed by atoms with van der Waals surface area (Å²) in [5.74, 6) is -1.10. The monoisotopic (exact) mass is 240 g/mol. The third-order valence-electron chi connectivity index (χ3n) is 2.79. The molecule has 0 fully saturated rings. The molecule has 0 aromatic carbocycles. The summed E-state index contributed by atoms with van der Waals surface area (Å²) in [5, 5.41) is 12.2. The standard InChI is InChI=1S/C12H17FN2O2/c1-3-8(2)11(16)7-15-12(17)9-4-5-14-6-10(9)13/h4-6,8,11,16H,3,7H2,1-2H3,(H,15,17). The Kier molecular flexibility index (Phi) is 5.03. The van der Waals surface area contributed by atoms with Crippen LogP contribution >= 0.6 is 0 Å². The van der Waals surface area contributed by atoms with Crippen LogP contribution in [0.2, 0.25) is 0 Å². The Morgan fingerprint density at radius 1 is 1.65 bits per heavy atom. The van der Waals surface area contributed by atoms with Crippen LogP contribution in [0.15, 0.2) is 18.5 Å². The molecular formula is C12H17FN2O2. The average Bonchev–Trinajstić information content (AvgIpc) is 2.35. The Morgan fingerprint density at radius 3 is 2.94 bits per heavy atom. The van der Waals surface area contributed by atoms with Gasteiger partial charge in [0, 0.05) is 12.7 Å². The Balaban J connectivity index is 2.54. The molecule has 0 saturated heterocycles. The van der Waals surface area contributed by atoms with E-state index in [0.29, 0.717) is 0 Å². The molecule has 1 heterocycles. The number of aliphatic hydroxyl groups excluding tert-OH is 1. The minimum Gasteiger partial charge on any atom is -0.391 e. The quantitative estimate of drug-likeness (QED) is 0.816. The lowest BCUT2D eigenvalue weighted by Crippen LogP contribution is -2.35. The number of hydrogen-bond acceptors (Lipinski definition) is 3. The van der Waals surface area contributed by atoms with Gasteiger partial charge in [-0.15, -0.1) is 0 Å². The smallest absolute Gasteiger partial charge is 0.254 e. The van der Waals surface area contributed by atoms with E-state index in [0.717, 1.165) is 12.6 Å². The van der Waals surface area contributed by atoms with Gasteiger partial charge in [0.25, 0.3) is 5.91 Å². The fourth-order valence-electron chi connectivity index (χ4n) is 1.33. The minimum absolute atomic E-state index is 0.0589. The number of pyridine rings is 1. The molecule has 4 nitrogen and oxygen atoms in total. The molecule has 2 atom stereocenters. The molecule has 5 heteroatoms. The first kappa shape index (κ1) is 13.6. The lowest BCUT2D eigenvalue weighted by molar-refractivity contribution is 0.0846. The Hall–Kier alpha value is -1.49. The zero-order valence-electron chi connectivity index (χ0n) is 9.98. The highest BCUT2D eigenvalue weighted by molar-refractivity contribution is 5.94. The predicted octanol–water partition coefficient (Wildman–Crippen LogP) is 1.36. The van der Waals surface area contributed by atoms with Crippen LogP contribution in [0.25, 0.3) is 0 Å². The van der Waals surface area contributed by atoms with E-state index in [1.165, 1.54) is 12.3 Å². The number of aromatic nitrogens is 1. The molecule has 0 radical (unpaired) electrons. The second kappa shape index (κ2) is 6.30. The number of nitrogens with one attached hydrogen (secondary N) is 1. The van der Waals surface area contributed by atoms with Crippen molar-refractivity contribution in [1.29, 1.82) is 0 Å². The van der Waals surface area contributed by atoms with Gasteiger partial charge in [-0.2, -0.15) is 0 Å². The van der Waals surface area contributed by atoms with E-state index in [1.807, 2.05) is 13.8 Å². The molecule has 0 aliphatic rings. The molecule has 0 spiro atoms. The molecule has 0 aliphatic heterocycles. The highest BCUT2D eigenvalue weighted by atomic mass is 19.1. The minimum atomic E-state index is -0.664. The van der Waals surface area contributed by atoms with Gasteiger partial charge in [0.2, 0.25) is 0 Å². The third kappa shape index (κ3) is 3.78. The summed E-state index contributed by atoms with van der Waals surface area (Å²) in [4.78, 5) is 15.2. The Morgan fingerprint density at radius 2 is 2.35 bits per heavy atom. The first-order valence-electron chi connectivity index (χ1n) is 5.62. The van der Waals surface area contributed by atoms with Gasteiger partial charge in [-0.1, -0.05) is 20.3 Å². The fraction of sp³-hybridized carbons (Fsp3) is 0.500. The maximum Gasteiger partial charge on any atom is 0.254 e. The number of aliphatic hydroxyl groups is 1. The molecule has 94 valence electrons. The van der Waals surface area contributed by atoms with E-state index in [1.54, 1.807) is 0 Å². The Labute approximate surface area is 99.9 Å². The van der Waals surface area contributed by atoms with Crippen molar-refractivity contribution in [3.63, 3.8) is 0 Å². The maximum atomic E-state index is 13.2. The van der Waals surface area contributed by atoms with Crippen molar-refractivity contribution in [3.8, 4) is 0 Å². The van der Waals surface area contributed by atoms with E-state index in [9.17, 15) is 14.3 Å². The first-order chi connectivity index (χ1) is 8.06. The van der Waals surface area contributed by atoms with Gasteiger partial charge in [-0.25, -0.2) is 4.39 Å². The van der Waals surface area contributed by atoms with Gasteiger partial charge < -0.3 is 10.4 Å². The van der Waals surface area contributed by atoms with Gasteiger partial charge >= 0.3 is 0 Å². The van der Waals surface area contributed by atoms with Crippen LogP contribution in [0.5, 0.6) is 0 Å². The van der Waals surface area contributed by atoms with E-state index in [4.69, 9.17) is 0 Å². The summed E-state index contributed by atoms with van der Waals surface area (Å²) in [6, 6.07) is 1.31. The van der Waals surface area contributed by atoms with Gasteiger partial charge in [-0.05, 0) is 12.0 Å². The van der Waals surface area contributed by atoms with E-state index < -0.39 is 17.8 Å². The molecule has 1 amide bonds. The maximum absolute atomic E-state index is 13.2. The van der Waals surface area contributed by atoms with Gasteiger partial charge in [-0.3, -0.25) is 9.78 Å². The van der Waals surface area contributed by atoms with Crippen molar-refractivity contribution in [2.75, 3.05) is 6.54 Å². The van der Waals surface area contributed by atoms with E-state index in [2.05, 4.69) is 10.3 Å². The van der Waals surface area contributed by atoms with Crippen molar-refractivity contribution in [1.82, 2.24) is 10.3 Å². The van der Waals surface area contributed by atoms with Gasteiger partial charge in [0.15, 0.2) is 5.82 Å². The largest absolute Gasteiger partial charge is 0.391 e. The first-order valence-corrected chi connectivity index (χ1v) is 5.62. The van der Waals surface area contributed by atoms with E-state index in [-0.39, 0.29) is 18.0 Å².